The van der Waals surface area contributed by atoms with Gasteiger partial charge in [0.05, 0.1) is 21.9 Å². The molecule has 4 aromatic rings. The van der Waals surface area contributed by atoms with E-state index in [2.05, 4.69) is 15.6 Å². The number of ketones is 1. The molecule has 0 aliphatic heterocycles. The first-order valence-electron chi connectivity index (χ1n) is 11.4. The molecule has 1 saturated carbocycles. The Hall–Kier alpha value is -3.97. The van der Waals surface area contributed by atoms with Crippen molar-refractivity contribution in [3.63, 3.8) is 0 Å². The molecule has 0 spiro atoms. The quantitative estimate of drug-likeness (QED) is 0.261. The normalized spacial score (nSPS) is 12.8. The molecule has 174 valence electrons. The standard InChI is InChI=1S/C28H23N3O3S/c32-25(18-10-12-20(13-11-18)29-27(33)19-6-2-1-3-7-19)17-35-26-16-23(28(34)30-21-14-15-21)22-8-4-5-9-24(22)31-26/h1-13,16,21H,14-15,17H2,(H,29,33)(H,30,34). The van der Waals surface area contributed by atoms with Gasteiger partial charge in [-0.05, 0) is 61.4 Å². The number of fused-ring (bicyclic) bond motifs is 1. The lowest BCUT2D eigenvalue weighted by molar-refractivity contribution is 0.0950. The minimum absolute atomic E-state index is 0.0603. The average Bonchev–Trinajstić information content (AvgIpc) is 3.71. The second kappa shape index (κ2) is 10.1. The molecular weight excluding hydrogens is 458 g/mol. The Bertz CT molecular complexity index is 1400. The topological polar surface area (TPSA) is 88.2 Å². The van der Waals surface area contributed by atoms with E-state index in [4.69, 9.17) is 0 Å². The van der Waals surface area contributed by atoms with Crippen LogP contribution in [0, 0.1) is 0 Å². The number of aromatic nitrogens is 1. The molecule has 0 atom stereocenters. The number of Topliss-reactive ketones (excluding diaryl/α,β-unsaturated/α-hetero) is 1. The Morgan fingerprint density at radius 2 is 1.54 bits per heavy atom. The van der Waals surface area contributed by atoms with E-state index in [9.17, 15) is 14.4 Å². The molecule has 0 radical (unpaired) electrons. The molecule has 1 fully saturated rings. The van der Waals surface area contributed by atoms with Crippen LogP contribution in [0.1, 0.15) is 43.9 Å². The molecule has 1 heterocycles. The summed E-state index contributed by atoms with van der Waals surface area (Å²) in [5.74, 6) is -0.184. The lowest BCUT2D eigenvalue weighted by atomic mass is 10.1. The fraction of sp³-hybridized carbons (Fsp3) is 0.143. The number of pyridine rings is 1. The molecule has 0 unspecified atom stereocenters. The number of benzene rings is 3. The smallest absolute Gasteiger partial charge is 0.255 e. The van der Waals surface area contributed by atoms with Crippen molar-refractivity contribution in [3.8, 4) is 0 Å². The number of nitrogens with zero attached hydrogens (tertiary/aromatic N) is 1. The highest BCUT2D eigenvalue weighted by Crippen LogP contribution is 2.26. The molecule has 2 N–H and O–H groups in total. The van der Waals surface area contributed by atoms with Crippen LogP contribution in [-0.4, -0.2) is 34.4 Å². The molecule has 3 aromatic carbocycles. The maximum absolute atomic E-state index is 12.8. The van der Waals surface area contributed by atoms with Gasteiger partial charge in [0, 0.05) is 28.2 Å². The Morgan fingerprint density at radius 3 is 2.29 bits per heavy atom. The molecule has 1 aliphatic rings. The van der Waals surface area contributed by atoms with Gasteiger partial charge in [0.2, 0.25) is 0 Å². The summed E-state index contributed by atoms with van der Waals surface area (Å²) in [4.78, 5) is 42.5. The van der Waals surface area contributed by atoms with Crippen LogP contribution in [0.2, 0.25) is 0 Å². The van der Waals surface area contributed by atoms with Crippen molar-refractivity contribution < 1.29 is 14.4 Å². The van der Waals surface area contributed by atoms with Crippen LogP contribution in [-0.2, 0) is 0 Å². The van der Waals surface area contributed by atoms with Crippen LogP contribution >= 0.6 is 11.8 Å². The third kappa shape index (κ3) is 5.58. The van der Waals surface area contributed by atoms with Crippen LogP contribution < -0.4 is 10.6 Å². The first-order valence-corrected chi connectivity index (χ1v) is 12.4. The lowest BCUT2D eigenvalue weighted by Gasteiger charge is -2.10. The van der Waals surface area contributed by atoms with Crippen molar-refractivity contribution >= 4 is 45.9 Å². The zero-order valence-corrected chi connectivity index (χ0v) is 19.7. The third-order valence-corrected chi connectivity index (χ3v) is 6.61. The van der Waals surface area contributed by atoms with Crippen LogP contribution in [0.25, 0.3) is 10.9 Å². The van der Waals surface area contributed by atoms with E-state index < -0.39 is 0 Å². The van der Waals surface area contributed by atoms with E-state index >= 15 is 0 Å². The zero-order chi connectivity index (χ0) is 24.2. The van der Waals surface area contributed by atoms with Crippen molar-refractivity contribution in [1.82, 2.24) is 10.3 Å². The summed E-state index contributed by atoms with van der Waals surface area (Å²) in [6.07, 6.45) is 2.03. The summed E-state index contributed by atoms with van der Waals surface area (Å²) in [7, 11) is 0. The molecule has 1 aromatic heterocycles. The average molecular weight is 482 g/mol. The Labute approximate surface area is 207 Å². The molecular formula is C28H23N3O3S. The second-order valence-corrected chi connectivity index (χ2v) is 9.38. The number of carbonyl (C=O) groups is 3. The van der Waals surface area contributed by atoms with Crippen molar-refractivity contribution in [1.29, 1.82) is 0 Å². The Balaban J connectivity index is 1.25. The molecule has 6 nitrogen and oxygen atoms in total. The number of hydrogen-bond donors (Lipinski definition) is 2. The van der Waals surface area contributed by atoms with Crippen molar-refractivity contribution in [2.45, 2.75) is 23.9 Å². The number of carbonyl (C=O) groups excluding carboxylic acids is 3. The van der Waals surface area contributed by atoms with Gasteiger partial charge in [0.15, 0.2) is 5.78 Å². The van der Waals surface area contributed by atoms with Crippen LogP contribution in [0.15, 0.2) is 90.0 Å². The van der Waals surface area contributed by atoms with Crippen LogP contribution in [0.4, 0.5) is 5.69 Å². The van der Waals surface area contributed by atoms with Gasteiger partial charge in [-0.1, -0.05) is 48.2 Å². The predicted octanol–water partition coefficient (Wildman–Crippen LogP) is 5.35. The second-order valence-electron chi connectivity index (χ2n) is 8.38. The number of rotatable bonds is 8. The fourth-order valence-electron chi connectivity index (χ4n) is 3.66. The minimum Gasteiger partial charge on any atom is -0.349 e. The van der Waals surface area contributed by atoms with E-state index in [-0.39, 0.29) is 29.4 Å². The highest BCUT2D eigenvalue weighted by atomic mass is 32.2. The van der Waals surface area contributed by atoms with Crippen molar-refractivity contribution in [2.24, 2.45) is 0 Å². The number of para-hydroxylation sites is 1. The summed E-state index contributed by atoms with van der Waals surface area (Å²) in [6, 6.07) is 25.3. The van der Waals surface area contributed by atoms with Gasteiger partial charge >= 0.3 is 0 Å². The van der Waals surface area contributed by atoms with Crippen LogP contribution in [0.5, 0.6) is 0 Å². The van der Waals surface area contributed by atoms with E-state index in [1.54, 1.807) is 54.6 Å². The molecule has 5 rings (SSSR count). The minimum atomic E-state index is -0.205. The Kier molecular flexibility index (Phi) is 6.59. The molecule has 7 heteroatoms. The van der Waals surface area contributed by atoms with Gasteiger partial charge < -0.3 is 10.6 Å². The predicted molar refractivity (Wildman–Crippen MR) is 138 cm³/mol. The van der Waals surface area contributed by atoms with Crippen LogP contribution in [0.3, 0.4) is 0 Å². The van der Waals surface area contributed by atoms with Gasteiger partial charge in [0.1, 0.15) is 0 Å². The van der Waals surface area contributed by atoms with Gasteiger partial charge in [0.25, 0.3) is 11.8 Å². The number of thioether (sulfide) groups is 1. The molecule has 1 aliphatic carbocycles. The van der Waals surface area contributed by atoms with Crippen molar-refractivity contribution in [2.75, 3.05) is 11.1 Å². The monoisotopic (exact) mass is 481 g/mol. The number of anilines is 1. The number of hydrogen-bond acceptors (Lipinski definition) is 5. The van der Waals surface area contributed by atoms with E-state index in [0.29, 0.717) is 27.4 Å². The van der Waals surface area contributed by atoms with E-state index in [1.807, 2.05) is 30.3 Å². The summed E-state index contributed by atoms with van der Waals surface area (Å²) in [6.45, 7) is 0. The molecule has 35 heavy (non-hydrogen) atoms. The van der Waals surface area contributed by atoms with Gasteiger partial charge in [-0.15, -0.1) is 0 Å². The van der Waals surface area contributed by atoms with E-state index in [0.717, 1.165) is 23.7 Å². The first-order chi connectivity index (χ1) is 17.1. The molecule has 0 bridgehead atoms. The summed E-state index contributed by atoms with van der Waals surface area (Å²) in [5.41, 5.74) is 3.03. The summed E-state index contributed by atoms with van der Waals surface area (Å²) < 4.78 is 0. The molecule has 2 amide bonds. The van der Waals surface area contributed by atoms with E-state index in [1.165, 1.54) is 11.8 Å². The lowest BCUT2D eigenvalue weighted by Crippen LogP contribution is -2.25. The highest BCUT2D eigenvalue weighted by Gasteiger charge is 2.25. The third-order valence-electron chi connectivity index (χ3n) is 5.70. The largest absolute Gasteiger partial charge is 0.349 e. The highest BCUT2D eigenvalue weighted by molar-refractivity contribution is 7.99. The first kappa shape index (κ1) is 22.8. The molecule has 0 saturated heterocycles. The number of nitrogens with one attached hydrogen (secondary N) is 2. The van der Waals surface area contributed by atoms with Gasteiger partial charge in [-0.2, -0.15) is 0 Å². The summed E-state index contributed by atoms with van der Waals surface area (Å²) in [5, 5.41) is 7.30. The zero-order valence-electron chi connectivity index (χ0n) is 18.9. The van der Waals surface area contributed by atoms with Crippen molar-refractivity contribution in [3.05, 3.63) is 102 Å². The summed E-state index contributed by atoms with van der Waals surface area (Å²) >= 11 is 1.31. The SMILES string of the molecule is O=C(CSc1cc(C(=O)NC2CC2)c2ccccc2n1)c1ccc(NC(=O)c2ccccc2)cc1. The van der Waals surface area contributed by atoms with Gasteiger partial charge in [-0.3, -0.25) is 14.4 Å². The van der Waals surface area contributed by atoms with Gasteiger partial charge in [-0.25, -0.2) is 4.98 Å². The maximum Gasteiger partial charge on any atom is 0.255 e. The Morgan fingerprint density at radius 1 is 0.829 bits per heavy atom. The maximum atomic E-state index is 12.8. The fourth-order valence-corrected chi connectivity index (χ4v) is 4.47. The number of amides is 2.